The Kier molecular flexibility index (Phi) is 5.52. The standard InChI is InChI=1S/C23H18ClF2N5O3/c1-13-7-9-33-22-30-19-11-15(10-18(20(19)31(13)22)14-6-8-27-28-12-14)21(32)29-16-2-4-17(5-3-16)34-23(24,25)26/h2-6,8,10-13H,7,9H2,1H3,(H,29,32)/t13-/m1/s1. The number of nitrogens with one attached hydrogen (secondary N) is 1. The molecule has 34 heavy (non-hydrogen) atoms. The first-order valence-electron chi connectivity index (χ1n) is 10.4. The van der Waals surface area contributed by atoms with Crippen LogP contribution in [0.3, 0.4) is 0 Å². The van der Waals surface area contributed by atoms with E-state index in [2.05, 4.69) is 32.2 Å². The lowest BCUT2D eigenvalue weighted by Gasteiger charge is -2.23. The van der Waals surface area contributed by atoms with Crippen LogP contribution in [0, 0.1) is 0 Å². The molecule has 5 rings (SSSR count). The van der Waals surface area contributed by atoms with Crippen molar-refractivity contribution in [3.05, 3.63) is 60.4 Å². The zero-order chi connectivity index (χ0) is 23.9. The van der Waals surface area contributed by atoms with Crippen LogP contribution in [0.1, 0.15) is 29.7 Å². The molecule has 1 aliphatic heterocycles. The van der Waals surface area contributed by atoms with Crippen molar-refractivity contribution in [2.24, 2.45) is 0 Å². The van der Waals surface area contributed by atoms with Gasteiger partial charge in [-0.05, 0) is 49.4 Å². The van der Waals surface area contributed by atoms with Gasteiger partial charge in [-0.2, -0.15) is 15.2 Å². The summed E-state index contributed by atoms with van der Waals surface area (Å²) in [5.41, 5.74) is -0.0749. The van der Waals surface area contributed by atoms with Gasteiger partial charge in [0.2, 0.25) is 0 Å². The molecule has 2 aromatic carbocycles. The van der Waals surface area contributed by atoms with Crippen LogP contribution in [0.2, 0.25) is 0 Å². The summed E-state index contributed by atoms with van der Waals surface area (Å²) in [5, 5.41) is 10.6. The number of carbonyl (C=O) groups is 1. The molecule has 0 fully saturated rings. The van der Waals surface area contributed by atoms with Crippen LogP contribution in [-0.2, 0) is 0 Å². The molecule has 0 radical (unpaired) electrons. The number of rotatable bonds is 5. The lowest BCUT2D eigenvalue weighted by atomic mass is 10.0. The second-order valence-corrected chi connectivity index (χ2v) is 8.24. The maximum atomic E-state index is 13.1. The van der Waals surface area contributed by atoms with Gasteiger partial charge in [-0.3, -0.25) is 9.36 Å². The first kappa shape index (κ1) is 22.0. The van der Waals surface area contributed by atoms with Gasteiger partial charge in [0.1, 0.15) is 5.75 Å². The van der Waals surface area contributed by atoms with Gasteiger partial charge in [-0.15, -0.1) is 8.78 Å². The number of aromatic nitrogens is 4. The third-order valence-electron chi connectivity index (χ3n) is 5.46. The Morgan fingerprint density at radius 1 is 1.24 bits per heavy atom. The number of benzene rings is 2. The fourth-order valence-corrected chi connectivity index (χ4v) is 4.00. The van der Waals surface area contributed by atoms with Crippen molar-refractivity contribution in [1.82, 2.24) is 19.7 Å². The van der Waals surface area contributed by atoms with Gasteiger partial charge in [0.05, 0.1) is 30.0 Å². The molecule has 1 N–H and O–H groups in total. The first-order chi connectivity index (χ1) is 16.3. The second-order valence-electron chi connectivity index (χ2n) is 7.80. The van der Waals surface area contributed by atoms with Gasteiger partial charge in [0, 0.05) is 46.4 Å². The number of hydrogen-bond donors (Lipinski definition) is 1. The SMILES string of the molecule is C[C@@H]1CCOc2nc3cc(C(=O)Nc4ccc(OC(F)(F)Cl)cc4)cc(-c4ccnnc4)c3n21. The Balaban J connectivity index is 1.52. The van der Waals surface area contributed by atoms with Gasteiger partial charge < -0.3 is 14.8 Å². The molecule has 0 bridgehead atoms. The molecule has 11 heteroatoms. The molecule has 1 amide bonds. The van der Waals surface area contributed by atoms with Gasteiger partial charge in [-0.1, -0.05) is 0 Å². The quantitative estimate of drug-likeness (QED) is 0.388. The minimum absolute atomic E-state index is 0.135. The van der Waals surface area contributed by atoms with E-state index in [0.717, 1.165) is 23.1 Å². The molecular formula is C23H18ClF2N5O3. The predicted molar refractivity (Wildman–Crippen MR) is 121 cm³/mol. The number of hydrogen-bond acceptors (Lipinski definition) is 6. The van der Waals surface area contributed by atoms with Crippen LogP contribution in [0.5, 0.6) is 11.8 Å². The number of fused-ring (bicyclic) bond motifs is 3. The van der Waals surface area contributed by atoms with Crippen molar-refractivity contribution in [2.45, 2.75) is 25.0 Å². The molecule has 1 aliphatic rings. The number of anilines is 1. The molecule has 0 saturated carbocycles. The average Bonchev–Trinajstić information content (AvgIpc) is 3.19. The summed E-state index contributed by atoms with van der Waals surface area (Å²) in [4.78, 5) is 17.7. The lowest BCUT2D eigenvalue weighted by molar-refractivity contribution is -0.0964. The Labute approximate surface area is 197 Å². The third-order valence-corrected chi connectivity index (χ3v) is 5.54. The molecule has 0 aliphatic carbocycles. The van der Waals surface area contributed by atoms with Gasteiger partial charge in [-0.25, -0.2) is 0 Å². The summed E-state index contributed by atoms with van der Waals surface area (Å²) < 4.78 is 37.7. The van der Waals surface area contributed by atoms with Crippen LogP contribution < -0.4 is 14.8 Å². The normalized spacial score (nSPS) is 15.5. The van der Waals surface area contributed by atoms with E-state index in [-0.39, 0.29) is 11.8 Å². The Morgan fingerprint density at radius 2 is 2.03 bits per heavy atom. The predicted octanol–water partition coefficient (Wildman–Crippen LogP) is 5.26. The molecule has 174 valence electrons. The number of nitrogens with zero attached hydrogens (tertiary/aromatic N) is 4. The summed E-state index contributed by atoms with van der Waals surface area (Å²) in [6.45, 7) is 2.66. The maximum absolute atomic E-state index is 13.1. The monoisotopic (exact) mass is 485 g/mol. The van der Waals surface area contributed by atoms with E-state index in [1.807, 2.05) is 10.6 Å². The van der Waals surface area contributed by atoms with E-state index in [9.17, 15) is 13.6 Å². The summed E-state index contributed by atoms with van der Waals surface area (Å²) in [6, 6.07) is 11.4. The van der Waals surface area contributed by atoms with Crippen LogP contribution in [-0.4, -0.2) is 37.8 Å². The molecule has 0 saturated heterocycles. The Hall–Kier alpha value is -3.79. The molecule has 0 spiro atoms. The van der Waals surface area contributed by atoms with Gasteiger partial charge in [0.25, 0.3) is 11.9 Å². The molecule has 2 aromatic heterocycles. The summed E-state index contributed by atoms with van der Waals surface area (Å²) in [7, 11) is 0. The smallest absolute Gasteiger partial charge is 0.465 e. The topological polar surface area (TPSA) is 91.2 Å². The van der Waals surface area contributed by atoms with E-state index in [1.54, 1.807) is 24.5 Å². The summed E-state index contributed by atoms with van der Waals surface area (Å²) >= 11 is 4.78. The number of imidazole rings is 1. The van der Waals surface area contributed by atoms with E-state index in [1.165, 1.54) is 24.3 Å². The third kappa shape index (κ3) is 4.36. The van der Waals surface area contributed by atoms with Crippen molar-refractivity contribution >= 4 is 34.2 Å². The van der Waals surface area contributed by atoms with Crippen molar-refractivity contribution in [3.8, 4) is 22.9 Å². The molecule has 4 aromatic rings. The van der Waals surface area contributed by atoms with E-state index < -0.39 is 11.5 Å². The number of alkyl halides is 3. The highest BCUT2D eigenvalue weighted by atomic mass is 35.5. The molecular weight excluding hydrogens is 468 g/mol. The second kappa shape index (κ2) is 8.53. The van der Waals surface area contributed by atoms with Crippen molar-refractivity contribution in [2.75, 3.05) is 11.9 Å². The van der Waals surface area contributed by atoms with E-state index in [4.69, 9.17) is 16.3 Å². The van der Waals surface area contributed by atoms with Crippen molar-refractivity contribution in [3.63, 3.8) is 0 Å². The first-order valence-corrected chi connectivity index (χ1v) is 10.8. The minimum Gasteiger partial charge on any atom is -0.465 e. The van der Waals surface area contributed by atoms with Gasteiger partial charge in [0.15, 0.2) is 0 Å². The van der Waals surface area contributed by atoms with Crippen LogP contribution in [0.25, 0.3) is 22.2 Å². The average molecular weight is 486 g/mol. The van der Waals surface area contributed by atoms with E-state index >= 15 is 0 Å². The largest absolute Gasteiger partial charge is 0.487 e. The highest BCUT2D eigenvalue weighted by Gasteiger charge is 2.28. The zero-order valence-electron chi connectivity index (χ0n) is 17.8. The zero-order valence-corrected chi connectivity index (χ0v) is 18.6. The van der Waals surface area contributed by atoms with Crippen molar-refractivity contribution in [1.29, 1.82) is 0 Å². The van der Waals surface area contributed by atoms with E-state index in [0.29, 0.717) is 29.4 Å². The number of carbonyl (C=O) groups excluding carboxylic acids is 1. The summed E-state index contributed by atoms with van der Waals surface area (Å²) in [5.74, 6) is -0.536. The molecule has 3 heterocycles. The molecule has 1 atom stereocenters. The summed E-state index contributed by atoms with van der Waals surface area (Å²) in [6.07, 6.45) is 4.04. The number of amides is 1. The van der Waals surface area contributed by atoms with Crippen molar-refractivity contribution < 1.29 is 23.0 Å². The highest BCUT2D eigenvalue weighted by molar-refractivity contribution is 6.20. The molecule has 8 nitrogen and oxygen atoms in total. The molecule has 0 unspecified atom stereocenters. The Morgan fingerprint density at radius 3 is 2.74 bits per heavy atom. The fraction of sp³-hybridized carbons (Fsp3) is 0.217. The van der Waals surface area contributed by atoms with Crippen LogP contribution >= 0.6 is 11.6 Å². The Bertz CT molecular complexity index is 1360. The fourth-order valence-electron chi connectivity index (χ4n) is 3.92. The van der Waals surface area contributed by atoms with Gasteiger partial charge >= 0.3 is 5.57 Å². The maximum Gasteiger partial charge on any atom is 0.487 e. The van der Waals surface area contributed by atoms with Crippen LogP contribution in [0.15, 0.2) is 54.9 Å². The van der Waals surface area contributed by atoms with Crippen LogP contribution in [0.4, 0.5) is 14.5 Å². The number of ether oxygens (including phenoxy) is 2. The lowest BCUT2D eigenvalue weighted by Crippen LogP contribution is -2.18. The highest BCUT2D eigenvalue weighted by Crippen LogP contribution is 2.37. The number of halogens is 3. The minimum atomic E-state index is -3.82.